The third-order valence-corrected chi connectivity index (χ3v) is 6.63. The molecule has 0 aromatic heterocycles. The Labute approximate surface area is 114 Å². The van der Waals surface area contributed by atoms with Crippen LogP contribution in [0, 0.1) is 11.6 Å². The summed E-state index contributed by atoms with van der Waals surface area (Å²) in [4.78, 5) is 0. The van der Waals surface area contributed by atoms with Gasteiger partial charge in [0.25, 0.3) is 0 Å². The van der Waals surface area contributed by atoms with Crippen LogP contribution >= 0.6 is 23.5 Å². The van der Waals surface area contributed by atoms with E-state index in [9.17, 15) is 13.9 Å². The Balaban J connectivity index is 2.13. The van der Waals surface area contributed by atoms with Crippen molar-refractivity contribution in [2.45, 2.75) is 35.7 Å². The molecule has 1 nitrogen and oxygen atoms in total. The molecule has 0 amide bonds. The molecule has 0 aliphatic carbocycles. The lowest BCUT2D eigenvalue weighted by molar-refractivity contribution is 0.179. The van der Waals surface area contributed by atoms with Crippen molar-refractivity contribution in [3.8, 4) is 0 Å². The van der Waals surface area contributed by atoms with Crippen LogP contribution in [-0.2, 0) is 0 Å². The monoisotopic (exact) mass is 290 g/mol. The van der Waals surface area contributed by atoms with Crippen molar-refractivity contribution >= 4 is 23.5 Å². The highest BCUT2D eigenvalue weighted by Crippen LogP contribution is 2.41. The highest BCUT2D eigenvalue weighted by atomic mass is 32.2. The molecule has 5 heteroatoms. The van der Waals surface area contributed by atoms with Crippen LogP contribution in [0.4, 0.5) is 8.78 Å². The maximum atomic E-state index is 13.1. The summed E-state index contributed by atoms with van der Waals surface area (Å²) < 4.78 is 26.3. The Morgan fingerprint density at radius 3 is 2.33 bits per heavy atom. The number of aliphatic hydroxyl groups is 1. The smallest absolute Gasteiger partial charge is 0.126 e. The minimum absolute atomic E-state index is 0.0117. The van der Waals surface area contributed by atoms with Gasteiger partial charge in [-0.3, -0.25) is 0 Å². The van der Waals surface area contributed by atoms with Gasteiger partial charge in [0.2, 0.25) is 0 Å². The van der Waals surface area contributed by atoms with E-state index >= 15 is 0 Å². The predicted molar refractivity (Wildman–Crippen MR) is 74.1 cm³/mol. The van der Waals surface area contributed by atoms with Crippen molar-refractivity contribution < 1.29 is 13.9 Å². The largest absolute Gasteiger partial charge is 0.387 e. The average molecular weight is 290 g/mol. The maximum Gasteiger partial charge on any atom is 0.126 e. The summed E-state index contributed by atoms with van der Waals surface area (Å²) in [6, 6.07) is 3.24. The van der Waals surface area contributed by atoms with Crippen LogP contribution in [0.2, 0.25) is 0 Å². The Bertz CT molecular complexity index is 407. The molecule has 1 aromatic rings. The molecule has 100 valence electrons. The normalized spacial score (nSPS) is 30.2. The van der Waals surface area contributed by atoms with E-state index in [0.717, 1.165) is 11.8 Å². The van der Waals surface area contributed by atoms with Crippen molar-refractivity contribution in [3.63, 3.8) is 0 Å². The first-order chi connectivity index (χ1) is 8.47. The first-order valence-electron chi connectivity index (χ1n) is 5.88. The number of halogens is 2. The zero-order valence-corrected chi connectivity index (χ0v) is 11.9. The predicted octanol–water partition coefficient (Wildman–Crippen LogP) is 3.62. The van der Waals surface area contributed by atoms with Gasteiger partial charge >= 0.3 is 0 Å². The Morgan fingerprint density at radius 2 is 1.78 bits per heavy atom. The zero-order chi connectivity index (χ0) is 13.3. The van der Waals surface area contributed by atoms with Crippen molar-refractivity contribution in [1.82, 2.24) is 0 Å². The number of hydrogen-bond acceptors (Lipinski definition) is 3. The van der Waals surface area contributed by atoms with Gasteiger partial charge in [-0.1, -0.05) is 13.8 Å². The summed E-state index contributed by atoms with van der Waals surface area (Å²) in [6.45, 7) is 4.28. The summed E-state index contributed by atoms with van der Waals surface area (Å²) in [5.41, 5.74) is 0.326. The van der Waals surface area contributed by atoms with Crippen molar-refractivity contribution in [3.05, 3.63) is 35.4 Å². The van der Waals surface area contributed by atoms with Gasteiger partial charge in [-0.15, -0.1) is 0 Å². The summed E-state index contributed by atoms with van der Waals surface area (Å²) in [5, 5.41) is 11.2. The molecule has 1 heterocycles. The van der Waals surface area contributed by atoms with Gasteiger partial charge in [0.15, 0.2) is 0 Å². The first kappa shape index (κ1) is 14.2. The lowest BCUT2D eigenvalue weighted by Gasteiger charge is -2.34. The van der Waals surface area contributed by atoms with Crippen LogP contribution < -0.4 is 0 Å². The Hall–Kier alpha value is -0.260. The Morgan fingerprint density at radius 1 is 1.17 bits per heavy atom. The number of rotatable bonds is 2. The standard InChI is InChI=1S/C13H16F2OS2/c1-7-8(2)18-12(6-17-7)13(16)9-3-10(14)5-11(15)4-9/h3-5,7-8,12-13,16H,6H2,1-2H3. The molecule has 0 radical (unpaired) electrons. The lowest BCUT2D eigenvalue weighted by Crippen LogP contribution is -2.30. The second kappa shape index (κ2) is 5.80. The van der Waals surface area contributed by atoms with E-state index in [-0.39, 0.29) is 5.25 Å². The molecule has 1 saturated heterocycles. The fourth-order valence-corrected chi connectivity index (χ4v) is 4.94. The van der Waals surface area contributed by atoms with E-state index in [4.69, 9.17) is 0 Å². The summed E-state index contributed by atoms with van der Waals surface area (Å²) in [5.74, 6) is -0.479. The van der Waals surface area contributed by atoms with E-state index in [2.05, 4.69) is 13.8 Å². The summed E-state index contributed by atoms with van der Waals surface area (Å²) in [7, 11) is 0. The SMILES string of the molecule is CC1SCC(C(O)c2cc(F)cc(F)c2)SC1C. The highest BCUT2D eigenvalue weighted by Gasteiger charge is 2.31. The molecule has 1 N–H and O–H groups in total. The van der Waals surface area contributed by atoms with Crippen LogP contribution in [0.15, 0.2) is 18.2 Å². The molecule has 0 spiro atoms. The van der Waals surface area contributed by atoms with E-state index < -0.39 is 17.7 Å². The van der Waals surface area contributed by atoms with Gasteiger partial charge in [0.05, 0.1) is 6.10 Å². The zero-order valence-electron chi connectivity index (χ0n) is 10.3. The maximum absolute atomic E-state index is 13.1. The molecule has 1 aliphatic heterocycles. The van der Waals surface area contributed by atoms with Crippen molar-refractivity contribution in [2.24, 2.45) is 0 Å². The van der Waals surface area contributed by atoms with E-state index in [1.807, 2.05) is 0 Å². The van der Waals surface area contributed by atoms with Gasteiger partial charge in [0, 0.05) is 27.6 Å². The van der Waals surface area contributed by atoms with Crippen LogP contribution in [0.25, 0.3) is 0 Å². The number of aliphatic hydroxyl groups excluding tert-OH is 1. The van der Waals surface area contributed by atoms with Gasteiger partial charge in [-0.25, -0.2) is 8.78 Å². The van der Waals surface area contributed by atoms with Crippen LogP contribution in [0.1, 0.15) is 25.5 Å². The van der Waals surface area contributed by atoms with Gasteiger partial charge in [-0.2, -0.15) is 23.5 Å². The topological polar surface area (TPSA) is 20.2 Å². The molecular formula is C13H16F2OS2. The third kappa shape index (κ3) is 3.19. The lowest BCUT2D eigenvalue weighted by atomic mass is 10.1. The van der Waals surface area contributed by atoms with Crippen LogP contribution in [0.5, 0.6) is 0 Å². The number of thioether (sulfide) groups is 2. The van der Waals surface area contributed by atoms with Gasteiger partial charge in [-0.05, 0) is 17.7 Å². The average Bonchev–Trinajstić information content (AvgIpc) is 2.30. The molecule has 1 aliphatic rings. The fraction of sp³-hybridized carbons (Fsp3) is 0.538. The van der Waals surface area contributed by atoms with Crippen LogP contribution in [0.3, 0.4) is 0 Å². The molecule has 4 unspecified atom stereocenters. The fourth-order valence-electron chi connectivity index (χ4n) is 1.93. The minimum atomic E-state index is -0.817. The minimum Gasteiger partial charge on any atom is -0.387 e. The summed E-state index contributed by atoms with van der Waals surface area (Å²) in [6.07, 6.45) is -0.817. The Kier molecular flexibility index (Phi) is 4.56. The highest BCUT2D eigenvalue weighted by molar-refractivity contribution is 8.07. The third-order valence-electron chi connectivity index (χ3n) is 3.15. The molecule has 1 fully saturated rings. The molecule has 4 atom stereocenters. The molecule has 2 rings (SSSR count). The molecule has 1 aromatic carbocycles. The van der Waals surface area contributed by atoms with E-state index in [1.54, 1.807) is 23.5 Å². The first-order valence-corrected chi connectivity index (χ1v) is 7.87. The second-order valence-corrected chi connectivity index (χ2v) is 7.60. The van der Waals surface area contributed by atoms with E-state index in [1.165, 1.54) is 12.1 Å². The van der Waals surface area contributed by atoms with Gasteiger partial charge in [0.1, 0.15) is 11.6 Å². The van der Waals surface area contributed by atoms with E-state index in [0.29, 0.717) is 16.1 Å². The van der Waals surface area contributed by atoms with Crippen LogP contribution in [-0.4, -0.2) is 26.6 Å². The van der Waals surface area contributed by atoms with Crippen molar-refractivity contribution in [2.75, 3.05) is 5.75 Å². The quantitative estimate of drug-likeness (QED) is 0.898. The number of benzene rings is 1. The van der Waals surface area contributed by atoms with Crippen molar-refractivity contribution in [1.29, 1.82) is 0 Å². The molecular weight excluding hydrogens is 274 g/mol. The second-order valence-electron chi connectivity index (χ2n) is 4.57. The molecule has 0 saturated carbocycles. The summed E-state index contributed by atoms with van der Waals surface area (Å²) >= 11 is 3.49. The molecule has 0 bridgehead atoms. The molecule has 18 heavy (non-hydrogen) atoms. The van der Waals surface area contributed by atoms with Gasteiger partial charge < -0.3 is 5.11 Å². The number of hydrogen-bond donors (Lipinski definition) is 1.